The number of halogens is 1. The van der Waals surface area contributed by atoms with Crippen molar-refractivity contribution in [3.8, 4) is 22.5 Å². The molecule has 0 N–H and O–H groups in total. The van der Waals surface area contributed by atoms with Gasteiger partial charge in [-0.15, -0.1) is 0 Å². The molecule has 0 saturated carbocycles. The maximum Gasteiger partial charge on any atom is 0.270 e. The fourth-order valence-electron chi connectivity index (χ4n) is 2.94. The van der Waals surface area contributed by atoms with Crippen LogP contribution in [0.3, 0.4) is 0 Å². The monoisotopic (exact) mass is 438 g/mol. The molecule has 0 unspecified atom stereocenters. The van der Waals surface area contributed by atoms with Crippen molar-refractivity contribution in [3.05, 3.63) is 95.7 Å². The van der Waals surface area contributed by atoms with Gasteiger partial charge < -0.3 is 0 Å². The van der Waals surface area contributed by atoms with Crippen LogP contribution in [0.5, 0.6) is 0 Å². The van der Waals surface area contributed by atoms with Crippen LogP contribution in [0.25, 0.3) is 22.5 Å². The highest BCUT2D eigenvalue weighted by molar-refractivity contribution is 9.10. The van der Waals surface area contributed by atoms with Gasteiger partial charge in [-0.05, 0) is 28.1 Å². The molecule has 1 heterocycles. The first-order valence-electron chi connectivity index (χ1n) is 8.29. The SMILES string of the molecule is O=S(=O)(c1ccccc1)n1c(Br)nc(-c2ccccc2)c1-c1ccccc1. The zero-order valence-electron chi connectivity index (χ0n) is 14.2. The molecule has 0 saturated heterocycles. The maximum atomic E-state index is 13.4. The first kappa shape index (κ1) is 17.7. The van der Waals surface area contributed by atoms with Crippen LogP contribution in [-0.4, -0.2) is 17.4 Å². The van der Waals surface area contributed by atoms with Crippen LogP contribution in [0, 0.1) is 0 Å². The summed E-state index contributed by atoms with van der Waals surface area (Å²) in [6, 6.07) is 27.3. The smallest absolute Gasteiger partial charge is 0.220 e. The Balaban J connectivity index is 2.05. The molecule has 0 bridgehead atoms. The second-order valence-corrected chi connectivity index (χ2v) is 8.39. The molecule has 0 aliphatic heterocycles. The van der Waals surface area contributed by atoms with Crippen LogP contribution >= 0.6 is 15.9 Å². The van der Waals surface area contributed by atoms with E-state index in [1.54, 1.807) is 30.3 Å². The number of imidazole rings is 1. The Labute approximate surface area is 166 Å². The molecule has 0 atom stereocenters. The van der Waals surface area contributed by atoms with Crippen molar-refractivity contribution in [1.82, 2.24) is 8.96 Å². The molecule has 134 valence electrons. The minimum Gasteiger partial charge on any atom is -0.220 e. The molecule has 6 heteroatoms. The Morgan fingerprint density at radius 2 is 1.19 bits per heavy atom. The lowest BCUT2D eigenvalue weighted by Crippen LogP contribution is -2.14. The number of rotatable bonds is 4. The number of nitrogens with zero attached hydrogens (tertiary/aromatic N) is 2. The summed E-state index contributed by atoms with van der Waals surface area (Å²) in [6.45, 7) is 0. The highest BCUT2D eigenvalue weighted by Gasteiger charge is 2.28. The largest absolute Gasteiger partial charge is 0.270 e. The molecule has 3 aromatic carbocycles. The van der Waals surface area contributed by atoms with E-state index in [4.69, 9.17) is 0 Å². The highest BCUT2D eigenvalue weighted by atomic mass is 79.9. The minimum absolute atomic E-state index is 0.208. The lowest BCUT2D eigenvalue weighted by atomic mass is 10.1. The Hall–Kier alpha value is -2.70. The molecule has 0 radical (unpaired) electrons. The average molecular weight is 439 g/mol. The molecule has 0 amide bonds. The molecule has 4 rings (SSSR count). The zero-order chi connectivity index (χ0) is 18.9. The van der Waals surface area contributed by atoms with E-state index >= 15 is 0 Å². The van der Waals surface area contributed by atoms with E-state index in [0.717, 1.165) is 11.1 Å². The lowest BCUT2D eigenvalue weighted by molar-refractivity contribution is 0.586. The Kier molecular flexibility index (Phi) is 4.68. The van der Waals surface area contributed by atoms with Gasteiger partial charge in [0.25, 0.3) is 10.0 Å². The fourth-order valence-corrected chi connectivity index (χ4v) is 5.25. The Morgan fingerprint density at radius 3 is 1.74 bits per heavy atom. The predicted octanol–water partition coefficient (Wildman–Crippen LogP) is 5.22. The summed E-state index contributed by atoms with van der Waals surface area (Å²) in [5, 5.41) is 0. The third kappa shape index (κ3) is 3.22. The van der Waals surface area contributed by atoms with E-state index in [-0.39, 0.29) is 9.63 Å². The van der Waals surface area contributed by atoms with Gasteiger partial charge in [-0.2, -0.15) is 0 Å². The van der Waals surface area contributed by atoms with Gasteiger partial charge in [-0.1, -0.05) is 78.9 Å². The topological polar surface area (TPSA) is 52.0 Å². The van der Waals surface area contributed by atoms with Gasteiger partial charge in [0.15, 0.2) is 4.73 Å². The number of benzene rings is 3. The standard InChI is InChI=1S/C21H15BrN2O2S/c22-21-23-19(16-10-4-1-5-11-16)20(17-12-6-2-7-13-17)24(21)27(25,26)18-14-8-3-9-15-18/h1-15H. The number of hydrogen-bond acceptors (Lipinski definition) is 3. The van der Waals surface area contributed by atoms with E-state index in [1.165, 1.54) is 3.97 Å². The van der Waals surface area contributed by atoms with Crippen molar-refractivity contribution < 1.29 is 8.42 Å². The first-order chi connectivity index (χ1) is 13.1. The molecule has 4 nitrogen and oxygen atoms in total. The van der Waals surface area contributed by atoms with Crippen molar-refractivity contribution in [1.29, 1.82) is 0 Å². The first-order valence-corrected chi connectivity index (χ1v) is 10.5. The lowest BCUT2D eigenvalue weighted by Gasteiger charge is -2.12. The van der Waals surface area contributed by atoms with Crippen molar-refractivity contribution in [3.63, 3.8) is 0 Å². The normalized spacial score (nSPS) is 11.4. The van der Waals surface area contributed by atoms with Gasteiger partial charge >= 0.3 is 0 Å². The van der Waals surface area contributed by atoms with E-state index < -0.39 is 10.0 Å². The van der Waals surface area contributed by atoms with Gasteiger partial charge in [-0.3, -0.25) is 0 Å². The second-order valence-electron chi connectivity index (χ2n) is 5.89. The van der Waals surface area contributed by atoms with Crippen molar-refractivity contribution >= 4 is 26.0 Å². The van der Waals surface area contributed by atoms with Crippen LogP contribution in [0.4, 0.5) is 0 Å². The molecular formula is C21H15BrN2O2S. The van der Waals surface area contributed by atoms with Crippen LogP contribution < -0.4 is 0 Å². The van der Waals surface area contributed by atoms with E-state index in [1.807, 2.05) is 60.7 Å². The molecule has 0 aliphatic carbocycles. The summed E-state index contributed by atoms with van der Waals surface area (Å²) in [7, 11) is -3.83. The highest BCUT2D eigenvalue weighted by Crippen LogP contribution is 2.37. The van der Waals surface area contributed by atoms with Gasteiger partial charge in [0.1, 0.15) is 0 Å². The van der Waals surface area contributed by atoms with Gasteiger partial charge in [0.2, 0.25) is 0 Å². The van der Waals surface area contributed by atoms with E-state index in [9.17, 15) is 8.42 Å². The van der Waals surface area contributed by atoms with Gasteiger partial charge in [0.05, 0.1) is 16.3 Å². The van der Waals surface area contributed by atoms with Crippen molar-refractivity contribution in [2.75, 3.05) is 0 Å². The molecule has 0 aliphatic rings. The second kappa shape index (κ2) is 7.13. The molecule has 0 fully saturated rings. The molecular weight excluding hydrogens is 424 g/mol. The average Bonchev–Trinajstić information content (AvgIpc) is 3.08. The minimum atomic E-state index is -3.83. The van der Waals surface area contributed by atoms with Crippen LogP contribution in [0.2, 0.25) is 0 Å². The van der Waals surface area contributed by atoms with Crippen LogP contribution in [-0.2, 0) is 10.0 Å². The van der Waals surface area contributed by atoms with E-state index in [0.29, 0.717) is 11.4 Å². The Bertz CT molecular complexity index is 1170. The molecule has 27 heavy (non-hydrogen) atoms. The summed E-state index contributed by atoms with van der Waals surface area (Å²) in [6.07, 6.45) is 0. The van der Waals surface area contributed by atoms with Crippen LogP contribution in [0.1, 0.15) is 0 Å². The summed E-state index contributed by atoms with van der Waals surface area (Å²) in [5.41, 5.74) is 2.75. The van der Waals surface area contributed by atoms with Crippen molar-refractivity contribution in [2.45, 2.75) is 4.90 Å². The number of hydrogen-bond donors (Lipinski definition) is 0. The summed E-state index contributed by atoms with van der Waals surface area (Å²) >= 11 is 3.37. The fraction of sp³-hybridized carbons (Fsp3) is 0. The maximum absolute atomic E-state index is 13.4. The van der Waals surface area contributed by atoms with E-state index in [2.05, 4.69) is 20.9 Å². The predicted molar refractivity (Wildman–Crippen MR) is 110 cm³/mol. The van der Waals surface area contributed by atoms with Crippen LogP contribution in [0.15, 0.2) is 101 Å². The molecule has 0 spiro atoms. The Morgan fingerprint density at radius 1 is 0.704 bits per heavy atom. The molecule has 1 aromatic heterocycles. The summed E-state index contributed by atoms with van der Waals surface area (Å²) in [4.78, 5) is 4.76. The van der Waals surface area contributed by atoms with Gasteiger partial charge in [-0.25, -0.2) is 17.4 Å². The molecule has 4 aromatic rings. The summed E-state index contributed by atoms with van der Waals surface area (Å²) < 4.78 is 28.3. The third-order valence-corrected chi connectivity index (χ3v) is 6.65. The van der Waals surface area contributed by atoms with Gasteiger partial charge in [0, 0.05) is 11.1 Å². The third-order valence-electron chi connectivity index (χ3n) is 4.17. The van der Waals surface area contributed by atoms with Crippen molar-refractivity contribution in [2.24, 2.45) is 0 Å². The summed E-state index contributed by atoms with van der Waals surface area (Å²) in [5.74, 6) is 0. The quantitative estimate of drug-likeness (QED) is 0.438. The number of aromatic nitrogens is 2. The zero-order valence-corrected chi connectivity index (χ0v) is 16.6.